The molecule has 0 unspecified atom stereocenters. The van der Waals surface area contributed by atoms with E-state index in [1.807, 2.05) is 0 Å². The molecule has 0 aliphatic heterocycles. The smallest absolute Gasteiger partial charge is 0.252 e. The number of nitrogens with one attached hydrogen (secondary N) is 2. The molecule has 1 amide bonds. The maximum Gasteiger partial charge on any atom is 0.252 e. The van der Waals surface area contributed by atoms with Gasteiger partial charge in [0, 0.05) is 19.3 Å². The van der Waals surface area contributed by atoms with Crippen molar-refractivity contribution in [2.45, 2.75) is 6.54 Å². The van der Waals surface area contributed by atoms with Gasteiger partial charge in [-0.05, 0) is 35.9 Å². The maximum absolute atomic E-state index is 13.2. The Morgan fingerprint density at radius 1 is 1.29 bits per heavy atom. The summed E-state index contributed by atoms with van der Waals surface area (Å²) in [6.07, 6.45) is 0. The van der Waals surface area contributed by atoms with Gasteiger partial charge < -0.3 is 15.7 Å². The molecule has 0 fully saturated rings. The summed E-state index contributed by atoms with van der Waals surface area (Å²) in [6, 6.07) is 9.12. The third-order valence-corrected chi connectivity index (χ3v) is 3.28. The van der Waals surface area contributed by atoms with Gasteiger partial charge in [-0.25, -0.2) is 4.39 Å². The number of carbonyl (C=O) groups is 1. The Labute approximate surface area is 126 Å². The molecule has 0 heterocycles. The molecule has 2 rings (SSSR count). The number of hydrogen-bond donors (Lipinski definition) is 3. The lowest BCUT2D eigenvalue weighted by atomic mass is 10.1. The fourth-order valence-electron chi connectivity index (χ4n) is 1.81. The molecule has 0 saturated heterocycles. The second-order valence-corrected chi connectivity index (χ2v) is 4.82. The number of rotatable bonds is 4. The molecular formula is C15H14ClFN2O2. The highest BCUT2D eigenvalue weighted by Crippen LogP contribution is 2.22. The highest BCUT2D eigenvalue weighted by Gasteiger charge is 2.09. The zero-order chi connectivity index (χ0) is 15.4. The van der Waals surface area contributed by atoms with E-state index in [0.717, 1.165) is 0 Å². The van der Waals surface area contributed by atoms with Gasteiger partial charge in [0.2, 0.25) is 0 Å². The Morgan fingerprint density at radius 2 is 2.05 bits per heavy atom. The van der Waals surface area contributed by atoms with Crippen molar-refractivity contribution in [1.29, 1.82) is 0 Å². The fourth-order valence-corrected chi connectivity index (χ4v) is 2.01. The molecule has 0 atom stereocenters. The molecule has 21 heavy (non-hydrogen) atoms. The third-order valence-electron chi connectivity index (χ3n) is 2.95. The van der Waals surface area contributed by atoms with E-state index in [9.17, 15) is 9.18 Å². The molecule has 110 valence electrons. The average molecular weight is 309 g/mol. The van der Waals surface area contributed by atoms with Crippen LogP contribution in [0.15, 0.2) is 36.4 Å². The van der Waals surface area contributed by atoms with E-state index in [0.29, 0.717) is 28.4 Å². The number of carbonyl (C=O) groups excluding carboxylic acids is 1. The van der Waals surface area contributed by atoms with Gasteiger partial charge in [0.15, 0.2) is 11.6 Å². The summed E-state index contributed by atoms with van der Waals surface area (Å²) < 4.78 is 13.2. The van der Waals surface area contributed by atoms with Crippen molar-refractivity contribution >= 4 is 23.2 Å². The van der Waals surface area contributed by atoms with E-state index >= 15 is 0 Å². The van der Waals surface area contributed by atoms with Crippen molar-refractivity contribution in [3.8, 4) is 5.75 Å². The minimum Gasteiger partial charge on any atom is -0.505 e. The number of anilines is 1. The normalized spacial score (nSPS) is 10.2. The SMILES string of the molecule is CNC(=O)c1cc(NCc2ccc(O)c(F)c2)ccc1Cl. The Balaban J connectivity index is 2.13. The van der Waals surface area contributed by atoms with Crippen LogP contribution in [0, 0.1) is 5.82 Å². The minimum atomic E-state index is -0.670. The van der Waals surface area contributed by atoms with Crippen molar-refractivity contribution < 1.29 is 14.3 Å². The molecule has 0 aliphatic rings. The Morgan fingerprint density at radius 3 is 2.71 bits per heavy atom. The first kappa shape index (κ1) is 15.1. The number of halogens is 2. The van der Waals surface area contributed by atoms with Crippen LogP contribution in [0.4, 0.5) is 10.1 Å². The van der Waals surface area contributed by atoms with Crippen LogP contribution < -0.4 is 10.6 Å². The Hall–Kier alpha value is -2.27. The molecule has 0 aromatic heterocycles. The predicted octanol–water partition coefficient (Wildman–Crippen LogP) is 3.16. The van der Waals surface area contributed by atoms with Crippen LogP contribution in [0.2, 0.25) is 5.02 Å². The summed E-state index contributed by atoms with van der Waals surface area (Å²) in [5.74, 6) is -1.33. The first-order valence-corrected chi connectivity index (χ1v) is 6.62. The summed E-state index contributed by atoms with van der Waals surface area (Å²) in [4.78, 5) is 11.6. The topological polar surface area (TPSA) is 61.4 Å². The molecule has 6 heteroatoms. The van der Waals surface area contributed by atoms with Crippen LogP contribution in [0.5, 0.6) is 5.75 Å². The van der Waals surface area contributed by atoms with E-state index in [4.69, 9.17) is 16.7 Å². The van der Waals surface area contributed by atoms with Crippen LogP contribution in [-0.4, -0.2) is 18.1 Å². The predicted molar refractivity (Wildman–Crippen MR) is 80.2 cm³/mol. The van der Waals surface area contributed by atoms with Crippen molar-refractivity contribution in [3.05, 3.63) is 58.4 Å². The summed E-state index contributed by atoms with van der Waals surface area (Å²) in [7, 11) is 1.53. The van der Waals surface area contributed by atoms with Crippen LogP contribution in [0.3, 0.4) is 0 Å². The molecular weight excluding hydrogens is 295 g/mol. The van der Waals surface area contributed by atoms with Crippen LogP contribution in [0.25, 0.3) is 0 Å². The van der Waals surface area contributed by atoms with Crippen LogP contribution in [0.1, 0.15) is 15.9 Å². The number of phenols is 1. The molecule has 0 aliphatic carbocycles. The van der Waals surface area contributed by atoms with Crippen LogP contribution in [-0.2, 0) is 6.54 Å². The second-order valence-electron chi connectivity index (χ2n) is 4.41. The van der Waals surface area contributed by atoms with Gasteiger partial charge in [0.1, 0.15) is 0 Å². The molecule has 3 N–H and O–H groups in total. The lowest BCUT2D eigenvalue weighted by molar-refractivity contribution is 0.0963. The Kier molecular flexibility index (Phi) is 4.65. The molecule has 0 spiro atoms. The number of benzene rings is 2. The molecule has 2 aromatic carbocycles. The maximum atomic E-state index is 13.2. The van der Waals surface area contributed by atoms with Crippen LogP contribution >= 0.6 is 11.6 Å². The van der Waals surface area contributed by atoms with E-state index in [1.165, 1.54) is 19.2 Å². The highest BCUT2D eigenvalue weighted by atomic mass is 35.5. The first-order chi connectivity index (χ1) is 10.0. The van der Waals surface area contributed by atoms with Gasteiger partial charge in [0.25, 0.3) is 5.91 Å². The summed E-state index contributed by atoms with van der Waals surface area (Å²) in [6.45, 7) is 0.353. The lowest BCUT2D eigenvalue weighted by Crippen LogP contribution is -2.18. The fraction of sp³-hybridized carbons (Fsp3) is 0.133. The quantitative estimate of drug-likeness (QED) is 0.813. The average Bonchev–Trinajstić information content (AvgIpc) is 2.49. The minimum absolute atomic E-state index is 0.278. The van der Waals surface area contributed by atoms with Gasteiger partial charge in [-0.2, -0.15) is 0 Å². The summed E-state index contributed by atoms with van der Waals surface area (Å²) in [5.41, 5.74) is 1.72. The number of amides is 1. The first-order valence-electron chi connectivity index (χ1n) is 6.24. The van der Waals surface area contributed by atoms with Gasteiger partial charge in [-0.15, -0.1) is 0 Å². The second kappa shape index (κ2) is 6.45. The Bertz CT molecular complexity index is 677. The van der Waals surface area contributed by atoms with Gasteiger partial charge in [0.05, 0.1) is 10.6 Å². The number of aromatic hydroxyl groups is 1. The number of phenolic OH excluding ortho intramolecular Hbond substituents is 1. The van der Waals surface area contributed by atoms with Crippen molar-refractivity contribution in [2.75, 3.05) is 12.4 Å². The monoisotopic (exact) mass is 308 g/mol. The van der Waals surface area contributed by atoms with E-state index in [2.05, 4.69) is 10.6 Å². The zero-order valence-corrected chi connectivity index (χ0v) is 12.0. The van der Waals surface area contributed by atoms with Crippen molar-refractivity contribution in [3.63, 3.8) is 0 Å². The highest BCUT2D eigenvalue weighted by molar-refractivity contribution is 6.34. The lowest BCUT2D eigenvalue weighted by Gasteiger charge is -2.10. The molecule has 0 radical (unpaired) electrons. The number of hydrogen-bond acceptors (Lipinski definition) is 3. The molecule has 0 saturated carbocycles. The molecule has 4 nitrogen and oxygen atoms in total. The summed E-state index contributed by atoms with van der Waals surface area (Å²) in [5, 5.41) is 15.1. The van der Waals surface area contributed by atoms with Gasteiger partial charge >= 0.3 is 0 Å². The van der Waals surface area contributed by atoms with Gasteiger partial charge in [-0.1, -0.05) is 17.7 Å². The van der Waals surface area contributed by atoms with E-state index < -0.39 is 5.82 Å². The van der Waals surface area contributed by atoms with E-state index in [1.54, 1.807) is 24.3 Å². The molecule has 0 bridgehead atoms. The largest absolute Gasteiger partial charge is 0.505 e. The van der Waals surface area contributed by atoms with Crippen molar-refractivity contribution in [2.24, 2.45) is 0 Å². The van der Waals surface area contributed by atoms with E-state index in [-0.39, 0.29) is 11.7 Å². The van der Waals surface area contributed by atoms with Gasteiger partial charge in [-0.3, -0.25) is 4.79 Å². The van der Waals surface area contributed by atoms with Crippen molar-refractivity contribution in [1.82, 2.24) is 5.32 Å². The standard InChI is InChI=1S/C15H14ClFN2O2/c1-18-15(21)11-7-10(3-4-12(11)16)19-8-9-2-5-14(20)13(17)6-9/h2-7,19-20H,8H2,1H3,(H,18,21). The molecule has 2 aromatic rings. The summed E-state index contributed by atoms with van der Waals surface area (Å²) >= 11 is 5.96. The zero-order valence-electron chi connectivity index (χ0n) is 11.3. The third kappa shape index (κ3) is 3.64.